The van der Waals surface area contributed by atoms with E-state index in [2.05, 4.69) is 16.9 Å². The third-order valence-corrected chi connectivity index (χ3v) is 4.97. The number of aliphatic hydroxyl groups is 1. The van der Waals surface area contributed by atoms with Crippen molar-refractivity contribution < 1.29 is 14.3 Å². The third kappa shape index (κ3) is 4.08. The number of aliphatic hydroxyl groups excluding tert-OH is 1. The smallest absolute Gasteiger partial charge is 0.255 e. The fourth-order valence-corrected chi connectivity index (χ4v) is 3.43. The van der Waals surface area contributed by atoms with Gasteiger partial charge < -0.3 is 15.3 Å². The Bertz CT molecular complexity index is 943. The summed E-state index contributed by atoms with van der Waals surface area (Å²) in [5.41, 5.74) is 3.03. The van der Waals surface area contributed by atoms with Gasteiger partial charge in [0.05, 0.1) is 12.6 Å². The molecule has 0 fully saturated rings. The Morgan fingerprint density at radius 1 is 1.39 bits per heavy atom. The molecule has 28 heavy (non-hydrogen) atoms. The van der Waals surface area contributed by atoms with Crippen LogP contribution in [0, 0.1) is 5.82 Å². The summed E-state index contributed by atoms with van der Waals surface area (Å²) in [5.74, 6) is -0.537. The van der Waals surface area contributed by atoms with Crippen LogP contribution in [-0.4, -0.2) is 33.2 Å². The molecule has 0 saturated heterocycles. The number of benzene rings is 1. The molecule has 2 unspecified atom stereocenters. The molecule has 1 aliphatic rings. The van der Waals surface area contributed by atoms with Gasteiger partial charge >= 0.3 is 0 Å². The van der Waals surface area contributed by atoms with Gasteiger partial charge in [0.25, 0.3) is 5.91 Å². The highest BCUT2D eigenvalue weighted by Gasteiger charge is 2.35. The molecule has 1 aromatic carbocycles. The quantitative estimate of drug-likeness (QED) is 0.433. The zero-order valence-electron chi connectivity index (χ0n) is 15.6. The maximum atomic E-state index is 13.1. The van der Waals surface area contributed by atoms with Crippen LogP contribution in [0.1, 0.15) is 29.8 Å². The summed E-state index contributed by atoms with van der Waals surface area (Å²) in [4.78, 5) is 18.5. The lowest BCUT2D eigenvalue weighted by atomic mass is 10.0. The molecule has 2 atom stereocenters. The van der Waals surface area contributed by atoms with Crippen molar-refractivity contribution in [2.45, 2.75) is 32.7 Å². The van der Waals surface area contributed by atoms with Crippen LogP contribution in [0.2, 0.25) is 5.15 Å². The van der Waals surface area contributed by atoms with E-state index in [-0.39, 0.29) is 11.7 Å². The highest BCUT2D eigenvalue weighted by Crippen LogP contribution is 2.31. The van der Waals surface area contributed by atoms with Gasteiger partial charge in [0.15, 0.2) is 0 Å². The minimum Gasteiger partial charge on any atom is -0.370 e. The fraction of sp³-hybridized carbons (Fsp3) is 0.238. The molecular formula is C21H21ClFN3O2. The van der Waals surface area contributed by atoms with Gasteiger partial charge in [-0.2, -0.15) is 0 Å². The van der Waals surface area contributed by atoms with E-state index in [1.165, 1.54) is 30.5 Å². The standard InChI is InChI=1S/C21H21ClFN3O2/c1-12(2)10-17(20(27)25-15-6-4-14(23)5-7-15)13(3)26-11-18-16(21(26)28)8-9-24-19(18)22/h4-10,13,20,25,27H,1,11H2,2-3H3/b17-10-. The molecule has 1 amide bonds. The Morgan fingerprint density at radius 2 is 2.07 bits per heavy atom. The minimum atomic E-state index is -1.10. The third-order valence-electron chi connectivity index (χ3n) is 4.65. The van der Waals surface area contributed by atoms with Gasteiger partial charge in [-0.05, 0) is 44.2 Å². The average molecular weight is 402 g/mol. The maximum absolute atomic E-state index is 13.1. The molecule has 1 aromatic heterocycles. The van der Waals surface area contributed by atoms with Crippen molar-refractivity contribution in [3.05, 3.63) is 82.4 Å². The average Bonchev–Trinajstić information content (AvgIpc) is 2.99. The van der Waals surface area contributed by atoms with Crippen molar-refractivity contribution in [3.8, 4) is 0 Å². The topological polar surface area (TPSA) is 65.5 Å². The van der Waals surface area contributed by atoms with Crippen LogP contribution in [0.15, 0.2) is 60.3 Å². The van der Waals surface area contributed by atoms with E-state index < -0.39 is 12.3 Å². The monoisotopic (exact) mass is 401 g/mol. The molecule has 2 aromatic rings. The lowest BCUT2D eigenvalue weighted by Crippen LogP contribution is -2.40. The Hall–Kier alpha value is -2.70. The molecule has 0 bridgehead atoms. The predicted octanol–water partition coefficient (Wildman–Crippen LogP) is 4.15. The Kier molecular flexibility index (Phi) is 5.82. The molecule has 1 aliphatic heterocycles. The van der Waals surface area contributed by atoms with E-state index in [4.69, 9.17) is 11.6 Å². The second-order valence-corrected chi connectivity index (χ2v) is 7.14. The molecule has 2 N–H and O–H groups in total. The first-order chi connectivity index (χ1) is 13.3. The van der Waals surface area contributed by atoms with E-state index >= 15 is 0 Å². The number of hydrogen-bond acceptors (Lipinski definition) is 4. The Morgan fingerprint density at radius 3 is 2.68 bits per heavy atom. The van der Waals surface area contributed by atoms with Gasteiger partial charge in [0.1, 0.15) is 17.2 Å². The lowest BCUT2D eigenvalue weighted by molar-refractivity contribution is 0.0724. The normalized spacial score (nSPS) is 16.0. The van der Waals surface area contributed by atoms with E-state index in [0.29, 0.717) is 34.1 Å². The summed E-state index contributed by atoms with van der Waals surface area (Å²) in [6, 6.07) is 6.88. The predicted molar refractivity (Wildman–Crippen MR) is 108 cm³/mol. The lowest BCUT2D eigenvalue weighted by Gasteiger charge is -2.30. The number of allylic oxidation sites excluding steroid dienone is 2. The van der Waals surface area contributed by atoms with Gasteiger partial charge in [0, 0.05) is 28.6 Å². The van der Waals surface area contributed by atoms with Crippen molar-refractivity contribution in [1.29, 1.82) is 0 Å². The number of carbonyl (C=O) groups excluding carboxylic acids is 1. The summed E-state index contributed by atoms with van der Waals surface area (Å²) >= 11 is 6.14. The summed E-state index contributed by atoms with van der Waals surface area (Å²) in [5, 5.41) is 14.0. The van der Waals surface area contributed by atoms with Gasteiger partial charge in [-0.1, -0.05) is 29.8 Å². The van der Waals surface area contributed by atoms with Crippen LogP contribution in [0.4, 0.5) is 10.1 Å². The van der Waals surface area contributed by atoms with E-state index in [1.54, 1.807) is 24.0 Å². The van der Waals surface area contributed by atoms with Crippen molar-refractivity contribution in [2.24, 2.45) is 0 Å². The van der Waals surface area contributed by atoms with Crippen LogP contribution in [0.3, 0.4) is 0 Å². The highest BCUT2D eigenvalue weighted by atomic mass is 35.5. The number of halogens is 2. The number of rotatable bonds is 6. The summed E-state index contributed by atoms with van der Waals surface area (Å²) in [6.07, 6.45) is 2.15. The molecule has 0 aliphatic carbocycles. The maximum Gasteiger partial charge on any atom is 0.255 e. The zero-order valence-corrected chi connectivity index (χ0v) is 16.4. The number of nitrogens with one attached hydrogen (secondary N) is 1. The first-order valence-electron chi connectivity index (χ1n) is 8.79. The summed E-state index contributed by atoms with van der Waals surface area (Å²) in [7, 11) is 0. The molecule has 2 heterocycles. The second kappa shape index (κ2) is 8.12. The SMILES string of the molecule is C=C(C)/C=C(\C(O)Nc1ccc(F)cc1)C(C)N1Cc2c(ccnc2Cl)C1=O. The molecule has 5 nitrogen and oxygen atoms in total. The number of amides is 1. The van der Waals surface area contributed by atoms with Crippen LogP contribution < -0.4 is 5.32 Å². The summed E-state index contributed by atoms with van der Waals surface area (Å²) in [6.45, 7) is 7.82. The molecule has 0 radical (unpaired) electrons. The van der Waals surface area contributed by atoms with Crippen LogP contribution >= 0.6 is 11.6 Å². The minimum absolute atomic E-state index is 0.173. The molecule has 0 spiro atoms. The number of fused-ring (bicyclic) bond motifs is 1. The molecular weight excluding hydrogens is 381 g/mol. The van der Waals surface area contributed by atoms with Gasteiger partial charge in [0.2, 0.25) is 0 Å². The fourth-order valence-electron chi connectivity index (χ4n) is 3.21. The number of carbonyl (C=O) groups is 1. The van der Waals surface area contributed by atoms with E-state index in [0.717, 1.165) is 5.57 Å². The van der Waals surface area contributed by atoms with Crippen LogP contribution in [-0.2, 0) is 6.54 Å². The van der Waals surface area contributed by atoms with Crippen LogP contribution in [0.5, 0.6) is 0 Å². The Labute approximate surface area is 168 Å². The van der Waals surface area contributed by atoms with E-state index in [9.17, 15) is 14.3 Å². The van der Waals surface area contributed by atoms with Crippen molar-refractivity contribution in [3.63, 3.8) is 0 Å². The largest absolute Gasteiger partial charge is 0.370 e. The molecule has 146 valence electrons. The highest BCUT2D eigenvalue weighted by molar-refractivity contribution is 6.30. The first kappa shape index (κ1) is 20.0. The second-order valence-electron chi connectivity index (χ2n) is 6.78. The number of hydrogen-bond donors (Lipinski definition) is 2. The molecule has 3 rings (SSSR count). The Balaban J connectivity index is 1.86. The number of pyridine rings is 1. The van der Waals surface area contributed by atoms with E-state index in [1.807, 2.05) is 6.92 Å². The number of anilines is 1. The van der Waals surface area contributed by atoms with Gasteiger partial charge in [-0.15, -0.1) is 0 Å². The molecule has 7 heteroatoms. The number of nitrogens with zero attached hydrogens (tertiary/aromatic N) is 2. The summed E-state index contributed by atoms with van der Waals surface area (Å²) < 4.78 is 13.1. The van der Waals surface area contributed by atoms with Crippen LogP contribution in [0.25, 0.3) is 0 Å². The van der Waals surface area contributed by atoms with Gasteiger partial charge in [-0.25, -0.2) is 9.37 Å². The van der Waals surface area contributed by atoms with Crippen molar-refractivity contribution in [1.82, 2.24) is 9.88 Å². The first-order valence-corrected chi connectivity index (χ1v) is 9.17. The van der Waals surface area contributed by atoms with Gasteiger partial charge in [-0.3, -0.25) is 4.79 Å². The molecule has 0 saturated carbocycles. The van der Waals surface area contributed by atoms with Crippen molar-refractivity contribution in [2.75, 3.05) is 5.32 Å². The number of aromatic nitrogens is 1. The van der Waals surface area contributed by atoms with Crippen molar-refractivity contribution >= 4 is 23.2 Å². The zero-order chi connectivity index (χ0) is 20.4.